The minimum absolute atomic E-state index is 0.0757. The largest absolute Gasteiger partial charge is 0.493 e. The molecule has 1 aromatic carbocycles. The third kappa shape index (κ3) is 2.58. The minimum Gasteiger partial charge on any atom is -0.493 e. The first-order valence-corrected chi connectivity index (χ1v) is 5.60. The van der Waals surface area contributed by atoms with Gasteiger partial charge in [-0.15, -0.1) is 0 Å². The topological polar surface area (TPSA) is 78.7 Å². The number of carbonyl (C=O) groups is 1. The summed E-state index contributed by atoms with van der Waals surface area (Å²) in [5.74, 6) is 0.867. The van der Waals surface area contributed by atoms with Gasteiger partial charge in [0.25, 0.3) is 5.69 Å². The number of hydrogen-bond donors (Lipinski definition) is 0. The van der Waals surface area contributed by atoms with E-state index in [1.807, 2.05) is 0 Å². The van der Waals surface area contributed by atoms with Gasteiger partial charge in [0, 0.05) is 12.0 Å². The molecule has 0 radical (unpaired) electrons. The molecule has 0 bridgehead atoms. The first-order valence-electron chi connectivity index (χ1n) is 5.60. The molecule has 0 spiro atoms. The smallest absolute Gasteiger partial charge is 0.273 e. The Morgan fingerprint density at radius 1 is 1.44 bits per heavy atom. The van der Waals surface area contributed by atoms with Gasteiger partial charge in [-0.25, -0.2) is 0 Å². The molecule has 0 heterocycles. The number of ether oxygens (including phenoxy) is 2. The number of nitro benzene ring substituents is 1. The third-order valence-electron chi connectivity index (χ3n) is 2.84. The summed E-state index contributed by atoms with van der Waals surface area (Å²) >= 11 is 0. The normalized spacial score (nSPS) is 15.8. The highest BCUT2D eigenvalue weighted by atomic mass is 16.6. The van der Waals surface area contributed by atoms with E-state index in [2.05, 4.69) is 0 Å². The SMILES string of the molecule is COc1cc([N+](=O)[O-])ccc1OC(C=O)C1CC1. The number of aldehydes is 1. The summed E-state index contributed by atoms with van der Waals surface area (Å²) in [5, 5.41) is 10.6. The lowest BCUT2D eigenvalue weighted by molar-refractivity contribution is -0.385. The van der Waals surface area contributed by atoms with E-state index in [1.54, 1.807) is 0 Å². The molecular weight excluding hydrogens is 238 g/mol. The second kappa shape index (κ2) is 5.03. The van der Waals surface area contributed by atoms with Crippen molar-refractivity contribution in [1.29, 1.82) is 0 Å². The number of non-ortho nitro benzene ring substituents is 1. The lowest BCUT2D eigenvalue weighted by Gasteiger charge is -2.15. The van der Waals surface area contributed by atoms with Gasteiger partial charge in [-0.2, -0.15) is 0 Å². The molecule has 2 rings (SSSR count). The average molecular weight is 251 g/mol. The number of nitrogens with zero attached hydrogens (tertiary/aromatic N) is 1. The van der Waals surface area contributed by atoms with E-state index in [0.29, 0.717) is 5.75 Å². The van der Waals surface area contributed by atoms with E-state index in [4.69, 9.17) is 9.47 Å². The molecule has 0 saturated heterocycles. The van der Waals surface area contributed by atoms with E-state index in [1.165, 1.54) is 25.3 Å². The summed E-state index contributed by atoms with van der Waals surface area (Å²) in [6.45, 7) is 0. The molecule has 1 fully saturated rings. The van der Waals surface area contributed by atoms with E-state index in [0.717, 1.165) is 19.1 Å². The van der Waals surface area contributed by atoms with Crippen LogP contribution in [0.5, 0.6) is 11.5 Å². The van der Waals surface area contributed by atoms with Crippen LogP contribution < -0.4 is 9.47 Å². The summed E-state index contributed by atoms with van der Waals surface area (Å²) in [4.78, 5) is 21.0. The number of nitro groups is 1. The van der Waals surface area contributed by atoms with Gasteiger partial charge in [0.1, 0.15) is 0 Å². The highest BCUT2D eigenvalue weighted by Gasteiger charge is 2.33. The van der Waals surface area contributed by atoms with Crippen LogP contribution in [0.4, 0.5) is 5.69 Å². The molecule has 0 amide bonds. The molecule has 0 aromatic heterocycles. The molecule has 96 valence electrons. The van der Waals surface area contributed by atoms with Crippen molar-refractivity contribution in [3.05, 3.63) is 28.3 Å². The Labute approximate surface area is 104 Å². The second-order valence-electron chi connectivity index (χ2n) is 4.15. The van der Waals surface area contributed by atoms with Gasteiger partial charge >= 0.3 is 0 Å². The Morgan fingerprint density at radius 2 is 2.17 bits per heavy atom. The molecular formula is C12H13NO5. The molecule has 18 heavy (non-hydrogen) atoms. The van der Waals surface area contributed by atoms with Crippen molar-refractivity contribution in [2.75, 3.05) is 7.11 Å². The Hall–Kier alpha value is -2.11. The predicted octanol–water partition coefficient (Wildman–Crippen LogP) is 1.96. The van der Waals surface area contributed by atoms with Crippen LogP contribution in [0.3, 0.4) is 0 Å². The molecule has 1 aliphatic rings. The van der Waals surface area contributed by atoms with Gasteiger partial charge in [-0.05, 0) is 18.9 Å². The maximum absolute atomic E-state index is 10.9. The monoisotopic (exact) mass is 251 g/mol. The average Bonchev–Trinajstić information content (AvgIpc) is 3.20. The van der Waals surface area contributed by atoms with Gasteiger partial charge in [0.05, 0.1) is 18.1 Å². The molecule has 1 atom stereocenters. The molecule has 1 aliphatic carbocycles. The Bertz CT molecular complexity index is 470. The van der Waals surface area contributed by atoms with Crippen molar-refractivity contribution >= 4 is 12.0 Å². The number of carbonyl (C=O) groups excluding carboxylic acids is 1. The highest BCUT2D eigenvalue weighted by Crippen LogP contribution is 2.37. The molecule has 6 heteroatoms. The van der Waals surface area contributed by atoms with Crippen LogP contribution in [-0.4, -0.2) is 24.4 Å². The van der Waals surface area contributed by atoms with Crippen LogP contribution in [0.25, 0.3) is 0 Å². The maximum Gasteiger partial charge on any atom is 0.273 e. The van der Waals surface area contributed by atoms with Crippen molar-refractivity contribution in [3.8, 4) is 11.5 Å². The van der Waals surface area contributed by atoms with E-state index < -0.39 is 11.0 Å². The van der Waals surface area contributed by atoms with Crippen LogP contribution >= 0.6 is 0 Å². The van der Waals surface area contributed by atoms with E-state index in [-0.39, 0.29) is 17.4 Å². The van der Waals surface area contributed by atoms with Gasteiger partial charge in [0.15, 0.2) is 23.9 Å². The van der Waals surface area contributed by atoms with E-state index >= 15 is 0 Å². The van der Waals surface area contributed by atoms with Gasteiger partial charge in [0.2, 0.25) is 0 Å². The first-order chi connectivity index (χ1) is 8.65. The highest BCUT2D eigenvalue weighted by molar-refractivity contribution is 5.59. The second-order valence-corrected chi connectivity index (χ2v) is 4.15. The summed E-state index contributed by atoms with van der Waals surface area (Å²) in [7, 11) is 1.40. The zero-order valence-corrected chi connectivity index (χ0v) is 9.87. The molecule has 1 aromatic rings. The van der Waals surface area contributed by atoms with Crippen LogP contribution in [0.15, 0.2) is 18.2 Å². The predicted molar refractivity (Wildman–Crippen MR) is 62.9 cm³/mol. The van der Waals surface area contributed by atoms with E-state index in [9.17, 15) is 14.9 Å². The molecule has 0 aliphatic heterocycles. The van der Waals surface area contributed by atoms with Crippen LogP contribution in [0, 0.1) is 16.0 Å². The zero-order valence-electron chi connectivity index (χ0n) is 9.87. The molecule has 0 N–H and O–H groups in total. The fourth-order valence-corrected chi connectivity index (χ4v) is 1.67. The third-order valence-corrected chi connectivity index (χ3v) is 2.84. The van der Waals surface area contributed by atoms with Crippen LogP contribution in [0.1, 0.15) is 12.8 Å². The summed E-state index contributed by atoms with van der Waals surface area (Å²) in [5.41, 5.74) is -0.0757. The maximum atomic E-state index is 10.9. The number of rotatable bonds is 6. The Morgan fingerprint density at radius 3 is 2.67 bits per heavy atom. The quantitative estimate of drug-likeness (QED) is 0.438. The van der Waals surface area contributed by atoms with Crippen LogP contribution in [-0.2, 0) is 4.79 Å². The summed E-state index contributed by atoms with van der Waals surface area (Å²) < 4.78 is 10.6. The van der Waals surface area contributed by atoms with Crippen molar-refractivity contribution < 1.29 is 19.2 Å². The molecule has 1 saturated carbocycles. The number of benzene rings is 1. The fourth-order valence-electron chi connectivity index (χ4n) is 1.67. The Balaban J connectivity index is 2.21. The molecule has 1 unspecified atom stereocenters. The summed E-state index contributed by atoms with van der Waals surface area (Å²) in [6.07, 6.45) is 2.20. The van der Waals surface area contributed by atoms with Crippen molar-refractivity contribution in [3.63, 3.8) is 0 Å². The number of methoxy groups -OCH3 is 1. The fraction of sp³-hybridized carbons (Fsp3) is 0.417. The van der Waals surface area contributed by atoms with Crippen molar-refractivity contribution in [2.24, 2.45) is 5.92 Å². The standard InChI is InChI=1S/C12H13NO5/c1-17-11-6-9(13(15)16)4-5-10(11)18-12(7-14)8-2-3-8/h4-8,12H,2-3H2,1H3. The lowest BCUT2D eigenvalue weighted by Crippen LogP contribution is -2.20. The lowest BCUT2D eigenvalue weighted by atomic mass is 10.2. The van der Waals surface area contributed by atoms with Gasteiger partial charge in [-0.3, -0.25) is 14.9 Å². The first kappa shape index (κ1) is 12.3. The zero-order chi connectivity index (χ0) is 13.1. The van der Waals surface area contributed by atoms with Gasteiger partial charge < -0.3 is 9.47 Å². The van der Waals surface area contributed by atoms with Crippen molar-refractivity contribution in [2.45, 2.75) is 18.9 Å². The molecule has 6 nitrogen and oxygen atoms in total. The van der Waals surface area contributed by atoms with Gasteiger partial charge in [-0.1, -0.05) is 0 Å². The van der Waals surface area contributed by atoms with Crippen LogP contribution in [0.2, 0.25) is 0 Å². The minimum atomic E-state index is -0.510. The summed E-state index contributed by atoms with van der Waals surface area (Å²) in [6, 6.07) is 4.06. The number of hydrogen-bond acceptors (Lipinski definition) is 5. The van der Waals surface area contributed by atoms with Crippen molar-refractivity contribution in [1.82, 2.24) is 0 Å². The Kier molecular flexibility index (Phi) is 3.45.